The number of hydrogen-bond donors (Lipinski definition) is 2. The molecule has 0 radical (unpaired) electrons. The van der Waals surface area contributed by atoms with Gasteiger partial charge in [0.15, 0.2) is 0 Å². The summed E-state index contributed by atoms with van der Waals surface area (Å²) < 4.78 is 5.08. The largest absolute Gasteiger partial charge is 0.588 e. The predicted molar refractivity (Wildman–Crippen MR) is 45.1 cm³/mol. The summed E-state index contributed by atoms with van der Waals surface area (Å²) in [6, 6.07) is 0. The first-order chi connectivity index (χ1) is 5.74. The highest BCUT2D eigenvalue weighted by atomic mass is 16.5. The van der Waals surface area contributed by atoms with Crippen molar-refractivity contribution in [3.05, 3.63) is 12.3 Å². The molecule has 0 aliphatic carbocycles. The van der Waals surface area contributed by atoms with Crippen LogP contribution in [0.5, 0.6) is 0 Å². The fourth-order valence-corrected chi connectivity index (χ4v) is 0.802. The second-order valence-electron chi connectivity index (χ2n) is 2.25. The predicted octanol–water partition coefficient (Wildman–Crippen LogP) is -0.822. The molecule has 0 saturated carbocycles. The molecule has 0 amide bonds. The lowest BCUT2D eigenvalue weighted by Crippen LogP contribution is -2.37. The van der Waals surface area contributed by atoms with Crippen LogP contribution in [0.15, 0.2) is 17.3 Å². The average Bonchev–Trinajstić information content (AvgIpc) is 2.06. The van der Waals surface area contributed by atoms with Gasteiger partial charge in [-0.3, -0.25) is 0 Å². The van der Waals surface area contributed by atoms with E-state index in [0.29, 0.717) is 12.5 Å². The molecule has 5 nitrogen and oxygen atoms in total. The molecule has 1 aliphatic rings. The maximum absolute atomic E-state index is 8.71. The topological polar surface area (TPSA) is 65.3 Å². The van der Waals surface area contributed by atoms with Crippen LogP contribution in [-0.4, -0.2) is 41.3 Å². The molecule has 12 heavy (non-hydrogen) atoms. The van der Waals surface area contributed by atoms with Crippen LogP contribution >= 0.6 is 0 Å². The van der Waals surface area contributed by atoms with Gasteiger partial charge in [-0.25, -0.2) is 4.99 Å². The Bertz CT molecular complexity index is 205. The zero-order valence-corrected chi connectivity index (χ0v) is 6.84. The van der Waals surface area contributed by atoms with Gasteiger partial charge < -0.3 is 19.6 Å². The van der Waals surface area contributed by atoms with Gasteiger partial charge in [-0.15, -0.1) is 0 Å². The van der Waals surface area contributed by atoms with Gasteiger partial charge in [0.05, 0.1) is 6.61 Å². The van der Waals surface area contributed by atoms with E-state index < -0.39 is 7.25 Å². The molecule has 0 saturated heterocycles. The zero-order chi connectivity index (χ0) is 8.97. The van der Waals surface area contributed by atoms with E-state index in [4.69, 9.17) is 14.8 Å². The Hall–Kier alpha value is -1.01. The fourth-order valence-electron chi connectivity index (χ4n) is 0.802. The first-order valence-electron chi connectivity index (χ1n) is 3.71. The standard InChI is InChI=1S/C6H11BN2O3/c1-2-12-6-3-4-9(5-8-6)7(10)11/h3-4,10-11H,2,5H2,1H3. The summed E-state index contributed by atoms with van der Waals surface area (Å²) >= 11 is 0. The summed E-state index contributed by atoms with van der Waals surface area (Å²) in [4.78, 5) is 5.20. The molecule has 0 aromatic carbocycles. The SMILES string of the molecule is CCOC1=NCN(B(O)O)C=C1. The number of hydrogen-bond acceptors (Lipinski definition) is 5. The van der Waals surface area contributed by atoms with Gasteiger partial charge in [0.25, 0.3) is 0 Å². The minimum atomic E-state index is -1.49. The number of rotatable bonds is 2. The number of nitrogens with zero attached hydrogens (tertiary/aromatic N) is 2. The first kappa shape index (κ1) is 9.09. The highest BCUT2D eigenvalue weighted by Crippen LogP contribution is 2.00. The molecule has 1 heterocycles. The maximum Gasteiger partial charge on any atom is 0.588 e. The Morgan fingerprint density at radius 1 is 1.75 bits per heavy atom. The van der Waals surface area contributed by atoms with Crippen molar-refractivity contribution in [3.63, 3.8) is 0 Å². The highest BCUT2D eigenvalue weighted by Gasteiger charge is 2.18. The van der Waals surface area contributed by atoms with Crippen molar-refractivity contribution in [2.75, 3.05) is 13.3 Å². The minimum Gasteiger partial charge on any atom is -0.478 e. The Balaban J connectivity index is 2.44. The molecule has 0 fully saturated rings. The van der Waals surface area contributed by atoms with Crippen molar-refractivity contribution in [3.8, 4) is 0 Å². The van der Waals surface area contributed by atoms with Gasteiger partial charge in [-0.2, -0.15) is 0 Å². The minimum absolute atomic E-state index is 0.212. The van der Waals surface area contributed by atoms with Crippen molar-refractivity contribution in [2.24, 2.45) is 4.99 Å². The van der Waals surface area contributed by atoms with Crippen LogP contribution < -0.4 is 0 Å². The highest BCUT2D eigenvalue weighted by molar-refractivity contribution is 6.38. The smallest absolute Gasteiger partial charge is 0.478 e. The quantitative estimate of drug-likeness (QED) is 0.531. The van der Waals surface area contributed by atoms with E-state index in [1.807, 2.05) is 6.92 Å². The lowest BCUT2D eigenvalue weighted by molar-refractivity contribution is 0.301. The molecule has 0 aromatic rings. The second kappa shape index (κ2) is 4.13. The van der Waals surface area contributed by atoms with Gasteiger partial charge in [-0.05, 0) is 13.1 Å². The summed E-state index contributed by atoms with van der Waals surface area (Å²) in [7, 11) is -1.49. The van der Waals surface area contributed by atoms with E-state index in [1.54, 1.807) is 6.08 Å². The zero-order valence-electron chi connectivity index (χ0n) is 6.84. The van der Waals surface area contributed by atoms with E-state index in [9.17, 15) is 0 Å². The summed E-state index contributed by atoms with van der Waals surface area (Å²) in [5, 5.41) is 17.4. The van der Waals surface area contributed by atoms with E-state index in [-0.39, 0.29) is 6.67 Å². The first-order valence-corrected chi connectivity index (χ1v) is 3.71. The fraction of sp³-hybridized carbons (Fsp3) is 0.500. The summed E-state index contributed by atoms with van der Waals surface area (Å²) in [6.07, 6.45) is 3.12. The maximum atomic E-state index is 8.71. The van der Waals surface area contributed by atoms with Crippen LogP contribution in [0.1, 0.15) is 6.92 Å². The van der Waals surface area contributed by atoms with Crippen molar-refractivity contribution in [2.45, 2.75) is 6.92 Å². The molecule has 1 aliphatic heterocycles. The number of ether oxygens (including phenoxy) is 1. The van der Waals surface area contributed by atoms with Gasteiger partial charge in [-0.1, -0.05) is 0 Å². The molecule has 0 atom stereocenters. The van der Waals surface area contributed by atoms with Gasteiger partial charge in [0.2, 0.25) is 5.90 Å². The summed E-state index contributed by atoms with van der Waals surface area (Å²) in [5.74, 6) is 0.523. The summed E-state index contributed by atoms with van der Waals surface area (Å²) in [6.45, 7) is 2.64. The van der Waals surface area contributed by atoms with Crippen molar-refractivity contribution in [1.82, 2.24) is 4.81 Å². The Kier molecular flexibility index (Phi) is 3.13. The van der Waals surface area contributed by atoms with E-state index in [1.165, 1.54) is 11.0 Å². The molecule has 0 aromatic heterocycles. The molecule has 2 N–H and O–H groups in total. The molecule has 0 spiro atoms. The lowest BCUT2D eigenvalue weighted by Gasteiger charge is -2.20. The molecular weight excluding hydrogens is 159 g/mol. The van der Waals surface area contributed by atoms with Gasteiger partial charge in [0, 0.05) is 6.08 Å². The van der Waals surface area contributed by atoms with Crippen LogP contribution in [0.2, 0.25) is 0 Å². The molecule has 6 heteroatoms. The van der Waals surface area contributed by atoms with Gasteiger partial charge in [0.1, 0.15) is 6.67 Å². The average molecular weight is 170 g/mol. The normalized spacial score (nSPS) is 15.9. The Morgan fingerprint density at radius 3 is 2.92 bits per heavy atom. The Morgan fingerprint density at radius 2 is 2.50 bits per heavy atom. The third-order valence-electron chi connectivity index (χ3n) is 1.39. The molecule has 0 unspecified atom stereocenters. The van der Waals surface area contributed by atoms with Crippen LogP contribution in [0, 0.1) is 0 Å². The summed E-state index contributed by atoms with van der Waals surface area (Å²) in [5.41, 5.74) is 0. The Labute approximate surface area is 71.1 Å². The molecular formula is C6H11BN2O3. The van der Waals surface area contributed by atoms with Crippen LogP contribution in [0.25, 0.3) is 0 Å². The number of aliphatic imine (C=N–C) groups is 1. The lowest BCUT2D eigenvalue weighted by atomic mass is 10.1. The van der Waals surface area contributed by atoms with Crippen molar-refractivity contribution < 1.29 is 14.8 Å². The molecule has 66 valence electrons. The van der Waals surface area contributed by atoms with E-state index in [0.717, 1.165) is 0 Å². The van der Waals surface area contributed by atoms with Crippen molar-refractivity contribution >= 4 is 13.2 Å². The van der Waals surface area contributed by atoms with E-state index >= 15 is 0 Å². The van der Waals surface area contributed by atoms with Gasteiger partial charge >= 0.3 is 7.25 Å². The van der Waals surface area contributed by atoms with Crippen LogP contribution in [0.4, 0.5) is 0 Å². The van der Waals surface area contributed by atoms with E-state index in [2.05, 4.69) is 4.99 Å². The van der Waals surface area contributed by atoms with Crippen LogP contribution in [-0.2, 0) is 4.74 Å². The third kappa shape index (κ3) is 2.25. The molecule has 0 bridgehead atoms. The molecule has 1 rings (SSSR count). The monoisotopic (exact) mass is 170 g/mol. The third-order valence-corrected chi connectivity index (χ3v) is 1.39. The van der Waals surface area contributed by atoms with Crippen molar-refractivity contribution in [1.29, 1.82) is 0 Å². The second-order valence-corrected chi connectivity index (χ2v) is 2.25. The van der Waals surface area contributed by atoms with Crippen LogP contribution in [0.3, 0.4) is 0 Å².